The van der Waals surface area contributed by atoms with Crippen LogP contribution in [0.2, 0.25) is 0 Å². The van der Waals surface area contributed by atoms with Gasteiger partial charge in [0.15, 0.2) is 5.96 Å². The van der Waals surface area contributed by atoms with Crippen LogP contribution >= 0.6 is 24.0 Å². The summed E-state index contributed by atoms with van der Waals surface area (Å²) in [4.78, 5) is 9.66. The molecule has 154 valence electrons. The fourth-order valence-corrected chi connectivity index (χ4v) is 4.21. The van der Waals surface area contributed by atoms with Crippen molar-refractivity contribution in [3.05, 3.63) is 0 Å². The molecule has 26 heavy (non-hydrogen) atoms. The zero-order chi connectivity index (χ0) is 18.1. The lowest BCUT2D eigenvalue weighted by Gasteiger charge is -2.37. The molecule has 2 saturated heterocycles. The Morgan fingerprint density at radius 2 is 1.69 bits per heavy atom. The molecule has 1 atom stereocenters. The van der Waals surface area contributed by atoms with E-state index in [1.54, 1.807) is 0 Å². The van der Waals surface area contributed by atoms with Crippen LogP contribution in [0.15, 0.2) is 4.99 Å². The van der Waals surface area contributed by atoms with Crippen LogP contribution in [-0.2, 0) is 4.74 Å². The number of nitrogens with one attached hydrogen (secondary N) is 1. The summed E-state index contributed by atoms with van der Waals surface area (Å²) in [5, 5.41) is 3.68. The van der Waals surface area contributed by atoms with E-state index in [2.05, 4.69) is 40.9 Å². The zero-order valence-corrected chi connectivity index (χ0v) is 19.7. The molecule has 2 rings (SSSR count). The van der Waals surface area contributed by atoms with E-state index in [1.807, 2.05) is 7.05 Å². The second-order valence-corrected chi connectivity index (χ2v) is 7.83. The van der Waals surface area contributed by atoms with Crippen molar-refractivity contribution in [2.24, 2.45) is 10.9 Å². The maximum Gasteiger partial charge on any atom is 0.193 e. The Morgan fingerprint density at radius 1 is 1.08 bits per heavy atom. The van der Waals surface area contributed by atoms with Crippen molar-refractivity contribution in [1.82, 2.24) is 15.1 Å². The van der Waals surface area contributed by atoms with E-state index in [9.17, 15) is 0 Å². The van der Waals surface area contributed by atoms with Gasteiger partial charge in [0.2, 0.25) is 0 Å². The van der Waals surface area contributed by atoms with Gasteiger partial charge in [0.25, 0.3) is 0 Å². The van der Waals surface area contributed by atoms with Crippen LogP contribution in [0.4, 0.5) is 0 Å². The standard InChI is InChI=1S/C20H40N4O.HI/c1-5-25-18-10-14-24(15-11-18)20(21-4)22-16-19(17(2)3)23-12-8-6-7-9-13-23;/h17-19H,5-16H2,1-4H3,(H,21,22);1H. The van der Waals surface area contributed by atoms with Gasteiger partial charge in [-0.3, -0.25) is 9.89 Å². The molecule has 0 spiro atoms. The van der Waals surface area contributed by atoms with Gasteiger partial charge < -0.3 is 15.0 Å². The zero-order valence-electron chi connectivity index (χ0n) is 17.4. The first kappa shape index (κ1) is 24.0. The van der Waals surface area contributed by atoms with Crippen LogP contribution in [0.5, 0.6) is 0 Å². The van der Waals surface area contributed by atoms with Crippen molar-refractivity contribution in [3.63, 3.8) is 0 Å². The van der Waals surface area contributed by atoms with Crippen LogP contribution in [0.1, 0.15) is 59.3 Å². The van der Waals surface area contributed by atoms with Gasteiger partial charge in [0.05, 0.1) is 6.10 Å². The first-order valence-corrected chi connectivity index (χ1v) is 10.5. The van der Waals surface area contributed by atoms with Crippen molar-refractivity contribution in [2.45, 2.75) is 71.4 Å². The van der Waals surface area contributed by atoms with Crippen molar-refractivity contribution in [1.29, 1.82) is 0 Å². The number of halogens is 1. The number of ether oxygens (including phenoxy) is 1. The van der Waals surface area contributed by atoms with Crippen LogP contribution in [0.3, 0.4) is 0 Å². The molecule has 6 heteroatoms. The number of rotatable bonds is 6. The lowest BCUT2D eigenvalue weighted by Crippen LogP contribution is -2.52. The molecule has 2 aliphatic rings. The first-order valence-electron chi connectivity index (χ1n) is 10.5. The summed E-state index contributed by atoms with van der Waals surface area (Å²) in [7, 11) is 1.91. The van der Waals surface area contributed by atoms with E-state index >= 15 is 0 Å². The first-order chi connectivity index (χ1) is 12.2. The van der Waals surface area contributed by atoms with Crippen molar-refractivity contribution in [3.8, 4) is 0 Å². The number of hydrogen-bond acceptors (Lipinski definition) is 3. The Bertz CT molecular complexity index is 389. The second kappa shape index (κ2) is 13.2. The number of aliphatic imine (C=N–C) groups is 1. The monoisotopic (exact) mass is 480 g/mol. The Balaban J connectivity index is 0.00000338. The summed E-state index contributed by atoms with van der Waals surface area (Å²) >= 11 is 0. The summed E-state index contributed by atoms with van der Waals surface area (Å²) in [6.07, 6.45) is 8.13. The summed E-state index contributed by atoms with van der Waals surface area (Å²) in [5.41, 5.74) is 0. The molecule has 0 saturated carbocycles. The SMILES string of the molecule is CCOC1CCN(C(=NC)NCC(C(C)C)N2CCCCCC2)CC1.I. The molecule has 0 aromatic rings. The van der Waals surface area contributed by atoms with Crippen molar-refractivity contribution >= 4 is 29.9 Å². The van der Waals surface area contributed by atoms with Gasteiger partial charge in [-0.15, -0.1) is 24.0 Å². The minimum absolute atomic E-state index is 0. The molecular formula is C20H41IN4O. The average Bonchev–Trinajstić information content (AvgIpc) is 2.89. The van der Waals surface area contributed by atoms with Gasteiger partial charge in [-0.1, -0.05) is 26.7 Å². The highest BCUT2D eigenvalue weighted by Gasteiger charge is 2.25. The van der Waals surface area contributed by atoms with E-state index in [0.29, 0.717) is 18.1 Å². The Labute approximate surface area is 178 Å². The van der Waals surface area contributed by atoms with Crippen LogP contribution in [0.25, 0.3) is 0 Å². The summed E-state index contributed by atoms with van der Waals surface area (Å²) < 4.78 is 5.77. The smallest absolute Gasteiger partial charge is 0.193 e. The molecule has 0 aliphatic carbocycles. The Hall–Kier alpha value is -0.0800. The maximum atomic E-state index is 5.77. The predicted molar refractivity (Wildman–Crippen MR) is 122 cm³/mol. The highest BCUT2D eigenvalue weighted by Crippen LogP contribution is 2.18. The number of nitrogens with zero attached hydrogens (tertiary/aromatic N) is 3. The van der Waals surface area contributed by atoms with Crippen molar-refractivity contribution in [2.75, 3.05) is 46.4 Å². The molecular weight excluding hydrogens is 439 g/mol. The van der Waals surface area contributed by atoms with Gasteiger partial charge in [-0.2, -0.15) is 0 Å². The highest BCUT2D eigenvalue weighted by atomic mass is 127. The van der Waals surface area contributed by atoms with Gasteiger partial charge in [0, 0.05) is 39.3 Å². The number of piperidine rings is 1. The summed E-state index contributed by atoms with van der Waals surface area (Å²) in [6.45, 7) is 13.2. The molecule has 1 unspecified atom stereocenters. The third kappa shape index (κ3) is 7.50. The maximum absolute atomic E-state index is 5.77. The van der Waals surface area contributed by atoms with Gasteiger partial charge in [0.1, 0.15) is 0 Å². The molecule has 2 aliphatic heterocycles. The normalized spacial score (nSPS) is 22.0. The van der Waals surface area contributed by atoms with Crippen LogP contribution in [-0.4, -0.2) is 74.3 Å². The Kier molecular flexibility index (Phi) is 12.1. The number of hydrogen-bond donors (Lipinski definition) is 1. The third-order valence-corrected chi connectivity index (χ3v) is 5.70. The Morgan fingerprint density at radius 3 is 2.19 bits per heavy atom. The van der Waals surface area contributed by atoms with Gasteiger partial charge in [-0.25, -0.2) is 0 Å². The number of likely N-dealkylation sites (tertiary alicyclic amines) is 2. The predicted octanol–water partition coefficient (Wildman–Crippen LogP) is 3.58. The molecule has 0 bridgehead atoms. The minimum atomic E-state index is 0. The van der Waals surface area contributed by atoms with E-state index in [0.717, 1.165) is 45.0 Å². The largest absolute Gasteiger partial charge is 0.378 e. The lowest BCUT2D eigenvalue weighted by molar-refractivity contribution is 0.0262. The molecule has 0 amide bonds. The van der Waals surface area contributed by atoms with E-state index < -0.39 is 0 Å². The topological polar surface area (TPSA) is 40.1 Å². The van der Waals surface area contributed by atoms with Crippen LogP contribution < -0.4 is 5.32 Å². The number of guanidine groups is 1. The molecule has 5 nitrogen and oxygen atoms in total. The fraction of sp³-hybridized carbons (Fsp3) is 0.950. The van der Waals surface area contributed by atoms with Crippen molar-refractivity contribution < 1.29 is 4.74 Å². The quantitative estimate of drug-likeness (QED) is 0.359. The summed E-state index contributed by atoms with van der Waals surface area (Å²) in [6, 6.07) is 0.593. The lowest BCUT2D eigenvalue weighted by atomic mass is 10.0. The van der Waals surface area contributed by atoms with Gasteiger partial charge >= 0.3 is 0 Å². The fourth-order valence-electron chi connectivity index (χ4n) is 4.21. The van der Waals surface area contributed by atoms with E-state index in [1.165, 1.54) is 38.8 Å². The molecule has 0 radical (unpaired) electrons. The van der Waals surface area contributed by atoms with E-state index in [-0.39, 0.29) is 24.0 Å². The molecule has 2 heterocycles. The highest BCUT2D eigenvalue weighted by molar-refractivity contribution is 14.0. The molecule has 1 N–H and O–H groups in total. The molecule has 0 aromatic heterocycles. The average molecular weight is 480 g/mol. The third-order valence-electron chi connectivity index (χ3n) is 5.70. The second-order valence-electron chi connectivity index (χ2n) is 7.83. The molecule has 0 aromatic carbocycles. The molecule has 2 fully saturated rings. The summed E-state index contributed by atoms with van der Waals surface area (Å²) in [5.74, 6) is 1.72. The van der Waals surface area contributed by atoms with Gasteiger partial charge in [-0.05, 0) is 51.6 Å². The minimum Gasteiger partial charge on any atom is -0.378 e. The van der Waals surface area contributed by atoms with Crippen LogP contribution in [0, 0.1) is 5.92 Å². The van der Waals surface area contributed by atoms with E-state index in [4.69, 9.17) is 4.74 Å².